The van der Waals surface area contributed by atoms with Crippen LogP contribution in [0, 0.1) is 0 Å². The number of hydrogen-bond donors (Lipinski definition) is 1. The van der Waals surface area contributed by atoms with Gasteiger partial charge in [0.15, 0.2) is 18.9 Å². The fourth-order valence-electron chi connectivity index (χ4n) is 3.92. The SMILES string of the molecule is O=C1NC(=O)C2(CCCC2)c2cc[n+](Cc3ccccc3)cc21. The molecule has 1 aromatic carbocycles. The molecule has 0 saturated heterocycles. The van der Waals surface area contributed by atoms with Crippen molar-refractivity contribution in [2.24, 2.45) is 0 Å². The summed E-state index contributed by atoms with van der Waals surface area (Å²) in [6.45, 7) is 0.711. The van der Waals surface area contributed by atoms with Gasteiger partial charge in [0, 0.05) is 11.6 Å². The lowest BCUT2D eigenvalue weighted by atomic mass is 9.74. The first-order valence-electron chi connectivity index (χ1n) is 8.12. The van der Waals surface area contributed by atoms with E-state index < -0.39 is 5.41 Å². The van der Waals surface area contributed by atoms with Crippen molar-refractivity contribution in [2.75, 3.05) is 0 Å². The maximum Gasteiger partial charge on any atom is 0.264 e. The van der Waals surface area contributed by atoms with Gasteiger partial charge in [0.05, 0.1) is 5.41 Å². The number of carbonyl (C=O) groups excluding carboxylic acids is 2. The third-order valence-corrected chi connectivity index (χ3v) is 5.10. The van der Waals surface area contributed by atoms with Crippen molar-refractivity contribution in [1.29, 1.82) is 0 Å². The summed E-state index contributed by atoms with van der Waals surface area (Å²) >= 11 is 0. The third-order valence-electron chi connectivity index (χ3n) is 5.10. The van der Waals surface area contributed by atoms with Gasteiger partial charge in [-0.05, 0) is 18.4 Å². The van der Waals surface area contributed by atoms with Gasteiger partial charge in [-0.3, -0.25) is 14.9 Å². The Morgan fingerprint density at radius 1 is 1.04 bits per heavy atom. The molecule has 4 rings (SSSR count). The van der Waals surface area contributed by atoms with E-state index in [1.807, 2.05) is 41.2 Å². The second-order valence-electron chi connectivity index (χ2n) is 6.50. The van der Waals surface area contributed by atoms with E-state index in [0.717, 1.165) is 31.2 Å². The summed E-state index contributed by atoms with van der Waals surface area (Å²) in [5.74, 6) is -0.391. The van der Waals surface area contributed by atoms with Gasteiger partial charge in [-0.25, -0.2) is 0 Å². The molecule has 2 heterocycles. The molecule has 1 aliphatic heterocycles. The van der Waals surface area contributed by atoms with Gasteiger partial charge in [-0.15, -0.1) is 0 Å². The molecule has 1 fully saturated rings. The molecule has 1 spiro atoms. The second-order valence-corrected chi connectivity index (χ2v) is 6.50. The lowest BCUT2D eigenvalue weighted by molar-refractivity contribution is -0.688. The molecule has 0 atom stereocenters. The van der Waals surface area contributed by atoms with E-state index in [9.17, 15) is 9.59 Å². The molecular formula is C19H19N2O2+. The highest BCUT2D eigenvalue weighted by Gasteiger charge is 2.49. The molecule has 23 heavy (non-hydrogen) atoms. The highest BCUT2D eigenvalue weighted by atomic mass is 16.2. The van der Waals surface area contributed by atoms with Crippen LogP contribution in [-0.4, -0.2) is 11.8 Å². The number of carbonyl (C=O) groups is 2. The molecule has 1 saturated carbocycles. The van der Waals surface area contributed by atoms with Crippen LogP contribution in [-0.2, 0) is 16.8 Å². The van der Waals surface area contributed by atoms with E-state index in [2.05, 4.69) is 17.4 Å². The van der Waals surface area contributed by atoms with Crippen LogP contribution in [0.15, 0.2) is 48.8 Å². The summed E-state index contributed by atoms with van der Waals surface area (Å²) in [5, 5.41) is 2.57. The fraction of sp³-hybridized carbons (Fsp3) is 0.316. The first-order chi connectivity index (χ1) is 11.2. The number of nitrogens with zero attached hydrogens (tertiary/aromatic N) is 1. The molecule has 1 aromatic heterocycles. The third kappa shape index (κ3) is 2.25. The summed E-state index contributed by atoms with van der Waals surface area (Å²) in [6.07, 6.45) is 7.62. The largest absolute Gasteiger partial charge is 0.291 e. The number of rotatable bonds is 2. The number of amides is 2. The van der Waals surface area contributed by atoms with Gasteiger partial charge in [-0.2, -0.15) is 4.57 Å². The van der Waals surface area contributed by atoms with Crippen LogP contribution in [0.3, 0.4) is 0 Å². The van der Waals surface area contributed by atoms with Gasteiger partial charge >= 0.3 is 0 Å². The Labute approximate surface area is 135 Å². The molecule has 0 radical (unpaired) electrons. The van der Waals surface area contributed by atoms with Crippen LogP contribution in [0.4, 0.5) is 0 Å². The predicted molar refractivity (Wildman–Crippen MR) is 84.8 cm³/mol. The Hall–Kier alpha value is -2.49. The first kappa shape index (κ1) is 14.1. The smallest absolute Gasteiger partial charge is 0.264 e. The van der Waals surface area contributed by atoms with E-state index in [1.54, 1.807) is 0 Å². The summed E-state index contributed by atoms with van der Waals surface area (Å²) in [7, 11) is 0. The maximum absolute atomic E-state index is 12.4. The average Bonchev–Trinajstić information content (AvgIpc) is 3.05. The highest BCUT2D eigenvalue weighted by Crippen LogP contribution is 2.44. The Bertz CT molecular complexity index is 777. The average molecular weight is 307 g/mol. The Balaban J connectivity index is 1.75. The van der Waals surface area contributed by atoms with Crippen LogP contribution in [0.2, 0.25) is 0 Å². The minimum atomic E-state index is -0.491. The summed E-state index contributed by atoms with van der Waals surface area (Å²) < 4.78 is 2.01. The van der Waals surface area contributed by atoms with Gasteiger partial charge in [0.2, 0.25) is 5.91 Å². The number of benzene rings is 1. The zero-order valence-corrected chi connectivity index (χ0v) is 12.9. The number of fused-ring (bicyclic) bond motifs is 2. The summed E-state index contributed by atoms with van der Waals surface area (Å²) in [6, 6.07) is 12.1. The van der Waals surface area contributed by atoms with E-state index in [0.29, 0.717) is 12.1 Å². The lowest BCUT2D eigenvalue weighted by Crippen LogP contribution is -2.52. The van der Waals surface area contributed by atoms with E-state index in [1.165, 1.54) is 5.56 Å². The minimum Gasteiger partial charge on any atom is -0.291 e. The summed E-state index contributed by atoms with van der Waals surface area (Å²) in [5.41, 5.74) is 2.24. The van der Waals surface area contributed by atoms with Gasteiger partial charge in [0.25, 0.3) is 5.91 Å². The first-order valence-corrected chi connectivity index (χ1v) is 8.12. The molecule has 2 amide bonds. The number of aromatic nitrogens is 1. The highest BCUT2D eigenvalue weighted by molar-refractivity contribution is 6.13. The van der Waals surface area contributed by atoms with Crippen molar-refractivity contribution in [3.8, 4) is 0 Å². The van der Waals surface area contributed by atoms with Crippen molar-refractivity contribution in [3.63, 3.8) is 0 Å². The molecule has 4 heteroatoms. The van der Waals surface area contributed by atoms with Gasteiger partial charge in [-0.1, -0.05) is 43.2 Å². The number of imide groups is 1. The Morgan fingerprint density at radius 3 is 2.52 bits per heavy atom. The normalized spacial score (nSPS) is 18.8. The van der Waals surface area contributed by atoms with Crippen LogP contribution >= 0.6 is 0 Å². The molecular weight excluding hydrogens is 288 g/mol. The monoisotopic (exact) mass is 307 g/mol. The van der Waals surface area contributed by atoms with Crippen LogP contribution in [0.25, 0.3) is 0 Å². The predicted octanol–water partition coefficient (Wildman–Crippen LogP) is 2.10. The number of nitrogens with one attached hydrogen (secondary N) is 1. The Kier molecular flexibility index (Phi) is 3.26. The zero-order valence-electron chi connectivity index (χ0n) is 12.9. The van der Waals surface area contributed by atoms with Crippen molar-refractivity contribution in [2.45, 2.75) is 37.6 Å². The fourth-order valence-corrected chi connectivity index (χ4v) is 3.92. The topological polar surface area (TPSA) is 50.1 Å². The van der Waals surface area contributed by atoms with E-state index in [-0.39, 0.29) is 11.8 Å². The molecule has 4 nitrogen and oxygen atoms in total. The van der Waals surface area contributed by atoms with Crippen molar-refractivity contribution in [1.82, 2.24) is 5.32 Å². The van der Waals surface area contributed by atoms with E-state index >= 15 is 0 Å². The van der Waals surface area contributed by atoms with Crippen molar-refractivity contribution >= 4 is 11.8 Å². The molecule has 0 bridgehead atoms. The molecule has 116 valence electrons. The molecule has 0 unspecified atom stereocenters. The molecule has 2 aliphatic rings. The molecule has 1 aliphatic carbocycles. The van der Waals surface area contributed by atoms with Crippen LogP contribution < -0.4 is 9.88 Å². The van der Waals surface area contributed by atoms with Crippen LogP contribution in [0.5, 0.6) is 0 Å². The van der Waals surface area contributed by atoms with Crippen LogP contribution in [0.1, 0.15) is 47.2 Å². The van der Waals surface area contributed by atoms with Crippen molar-refractivity contribution < 1.29 is 14.2 Å². The molecule has 1 N–H and O–H groups in total. The second kappa shape index (κ2) is 5.30. The van der Waals surface area contributed by atoms with Gasteiger partial charge < -0.3 is 0 Å². The molecule has 2 aromatic rings. The Morgan fingerprint density at radius 2 is 1.78 bits per heavy atom. The summed E-state index contributed by atoms with van der Waals surface area (Å²) in [4.78, 5) is 24.7. The minimum absolute atomic E-state index is 0.117. The number of pyridine rings is 1. The lowest BCUT2D eigenvalue weighted by Gasteiger charge is -2.32. The maximum atomic E-state index is 12.4. The standard InChI is InChI=1S/C19H18N2O2/c22-17-15-13-21(12-14-6-2-1-3-7-14)11-8-16(15)19(18(23)20-17)9-4-5-10-19/h1-3,6-8,11,13H,4-5,9-10,12H2/p+1. The number of hydrogen-bond acceptors (Lipinski definition) is 2. The van der Waals surface area contributed by atoms with E-state index in [4.69, 9.17) is 0 Å². The quantitative estimate of drug-likeness (QED) is 0.682. The van der Waals surface area contributed by atoms with Gasteiger partial charge in [0.1, 0.15) is 5.56 Å². The zero-order chi connectivity index (χ0) is 15.9. The van der Waals surface area contributed by atoms with Crippen molar-refractivity contribution in [3.05, 3.63) is 65.5 Å².